The van der Waals surface area contributed by atoms with E-state index in [0.717, 1.165) is 5.56 Å². The molecule has 0 unspecified atom stereocenters. The maximum atomic E-state index is 12.8. The summed E-state index contributed by atoms with van der Waals surface area (Å²) in [7, 11) is -2.02. The van der Waals surface area contributed by atoms with Gasteiger partial charge in [-0.3, -0.25) is 4.79 Å². The van der Waals surface area contributed by atoms with E-state index in [-0.39, 0.29) is 22.8 Å². The molecular formula is C21H26N2O4S. The molecule has 0 aromatic heterocycles. The van der Waals surface area contributed by atoms with Gasteiger partial charge in [-0.1, -0.05) is 30.3 Å². The zero-order chi connectivity index (χ0) is 20.1. The third kappa shape index (κ3) is 4.54. The van der Waals surface area contributed by atoms with Crippen LogP contribution in [0.3, 0.4) is 0 Å². The number of carbonyl (C=O) groups excluding carboxylic acids is 1. The smallest absolute Gasteiger partial charge is 0.243 e. The maximum absolute atomic E-state index is 12.8. The van der Waals surface area contributed by atoms with E-state index >= 15 is 0 Å². The van der Waals surface area contributed by atoms with E-state index in [1.807, 2.05) is 37.3 Å². The van der Waals surface area contributed by atoms with Gasteiger partial charge in [-0.05, 0) is 49.6 Å². The number of nitrogens with one attached hydrogen (secondary N) is 1. The molecule has 0 spiro atoms. The first-order valence-corrected chi connectivity index (χ1v) is 10.9. The average molecular weight is 403 g/mol. The molecule has 3 rings (SSSR count). The Labute approximate surface area is 166 Å². The Kier molecular flexibility index (Phi) is 6.36. The minimum Gasteiger partial charge on any atom is -0.497 e. The predicted octanol–water partition coefficient (Wildman–Crippen LogP) is 2.97. The van der Waals surface area contributed by atoms with Gasteiger partial charge < -0.3 is 10.1 Å². The summed E-state index contributed by atoms with van der Waals surface area (Å²) in [5.74, 6) is 0.424. The zero-order valence-electron chi connectivity index (χ0n) is 16.2. The number of hydrogen-bond donors (Lipinski definition) is 1. The van der Waals surface area contributed by atoms with Gasteiger partial charge in [0, 0.05) is 19.0 Å². The molecule has 1 amide bonds. The Morgan fingerprint density at radius 1 is 1.07 bits per heavy atom. The van der Waals surface area contributed by atoms with Crippen LogP contribution in [-0.4, -0.2) is 38.8 Å². The van der Waals surface area contributed by atoms with Crippen molar-refractivity contribution in [3.63, 3.8) is 0 Å². The molecule has 2 aromatic rings. The van der Waals surface area contributed by atoms with E-state index in [2.05, 4.69) is 5.32 Å². The van der Waals surface area contributed by atoms with Crippen molar-refractivity contribution in [1.82, 2.24) is 9.62 Å². The highest BCUT2D eigenvalue weighted by atomic mass is 32.2. The molecule has 1 saturated heterocycles. The summed E-state index contributed by atoms with van der Waals surface area (Å²) >= 11 is 0. The lowest BCUT2D eigenvalue weighted by Gasteiger charge is -2.31. The van der Waals surface area contributed by atoms with Gasteiger partial charge in [-0.2, -0.15) is 4.31 Å². The SMILES string of the molecule is COc1ccc(S(=O)(=O)N2CCC(C(=O)N[C@@H](C)c3ccccc3)CC2)cc1. The van der Waals surface area contributed by atoms with Crippen molar-refractivity contribution < 1.29 is 17.9 Å². The number of sulfonamides is 1. The van der Waals surface area contributed by atoms with E-state index < -0.39 is 10.0 Å². The Bertz CT molecular complexity index is 890. The monoisotopic (exact) mass is 402 g/mol. The fourth-order valence-corrected chi connectivity index (χ4v) is 4.88. The van der Waals surface area contributed by atoms with Gasteiger partial charge in [0.05, 0.1) is 18.0 Å². The van der Waals surface area contributed by atoms with Crippen LogP contribution in [0.5, 0.6) is 5.75 Å². The zero-order valence-corrected chi connectivity index (χ0v) is 17.0. The first kappa shape index (κ1) is 20.4. The number of rotatable bonds is 6. The third-order valence-corrected chi connectivity index (χ3v) is 7.09. The summed E-state index contributed by atoms with van der Waals surface area (Å²) in [4.78, 5) is 12.8. The van der Waals surface area contributed by atoms with Crippen molar-refractivity contribution in [3.8, 4) is 5.75 Å². The quantitative estimate of drug-likeness (QED) is 0.806. The molecule has 1 N–H and O–H groups in total. The molecule has 7 heteroatoms. The Morgan fingerprint density at radius 2 is 1.68 bits per heavy atom. The van der Waals surface area contributed by atoms with Gasteiger partial charge in [0.25, 0.3) is 0 Å². The van der Waals surface area contributed by atoms with E-state index in [4.69, 9.17) is 4.74 Å². The average Bonchev–Trinajstić information content (AvgIpc) is 2.74. The fourth-order valence-electron chi connectivity index (χ4n) is 3.41. The molecule has 1 aliphatic rings. The van der Waals surface area contributed by atoms with Crippen LogP contribution < -0.4 is 10.1 Å². The summed E-state index contributed by atoms with van der Waals surface area (Å²) in [6.45, 7) is 2.63. The van der Waals surface area contributed by atoms with Crippen molar-refractivity contribution in [2.45, 2.75) is 30.7 Å². The number of piperidine rings is 1. The van der Waals surface area contributed by atoms with Crippen molar-refractivity contribution in [2.75, 3.05) is 20.2 Å². The second-order valence-electron chi connectivity index (χ2n) is 6.99. The molecule has 0 bridgehead atoms. The van der Waals surface area contributed by atoms with E-state index in [1.54, 1.807) is 24.3 Å². The summed E-state index contributed by atoms with van der Waals surface area (Å²) in [5.41, 5.74) is 1.05. The van der Waals surface area contributed by atoms with E-state index in [0.29, 0.717) is 31.7 Å². The Morgan fingerprint density at radius 3 is 2.25 bits per heavy atom. The number of methoxy groups -OCH3 is 1. The number of carbonyl (C=O) groups is 1. The van der Waals surface area contributed by atoms with Gasteiger partial charge >= 0.3 is 0 Å². The molecule has 2 aromatic carbocycles. The van der Waals surface area contributed by atoms with Gasteiger partial charge in [-0.15, -0.1) is 0 Å². The highest BCUT2D eigenvalue weighted by Gasteiger charge is 2.32. The lowest BCUT2D eigenvalue weighted by Crippen LogP contribution is -2.43. The molecule has 1 heterocycles. The lowest BCUT2D eigenvalue weighted by molar-refractivity contribution is -0.126. The summed E-state index contributed by atoms with van der Waals surface area (Å²) in [6.07, 6.45) is 1.03. The van der Waals surface area contributed by atoms with E-state index in [9.17, 15) is 13.2 Å². The summed E-state index contributed by atoms with van der Waals surface area (Å²) in [5, 5.41) is 3.04. The minimum absolute atomic E-state index is 0.0159. The molecular weight excluding hydrogens is 376 g/mol. The largest absolute Gasteiger partial charge is 0.497 e. The molecule has 1 aliphatic heterocycles. The number of benzene rings is 2. The van der Waals surface area contributed by atoms with Crippen molar-refractivity contribution in [2.24, 2.45) is 5.92 Å². The van der Waals surface area contributed by atoms with Crippen LogP contribution in [-0.2, 0) is 14.8 Å². The number of nitrogens with zero attached hydrogens (tertiary/aromatic N) is 1. The predicted molar refractivity (Wildman–Crippen MR) is 107 cm³/mol. The molecule has 1 atom stereocenters. The van der Waals surface area contributed by atoms with Gasteiger partial charge in [0.2, 0.25) is 15.9 Å². The van der Waals surface area contributed by atoms with Gasteiger partial charge in [0.15, 0.2) is 0 Å². The second-order valence-corrected chi connectivity index (χ2v) is 8.93. The molecule has 150 valence electrons. The van der Waals surface area contributed by atoms with Crippen molar-refractivity contribution in [3.05, 3.63) is 60.2 Å². The number of ether oxygens (including phenoxy) is 1. The van der Waals surface area contributed by atoms with Gasteiger partial charge in [0.1, 0.15) is 5.75 Å². The maximum Gasteiger partial charge on any atom is 0.243 e. The highest BCUT2D eigenvalue weighted by molar-refractivity contribution is 7.89. The lowest BCUT2D eigenvalue weighted by atomic mass is 9.96. The third-order valence-electron chi connectivity index (χ3n) is 5.18. The van der Waals surface area contributed by atoms with Crippen LogP contribution in [0.2, 0.25) is 0 Å². The minimum atomic E-state index is -3.56. The Balaban J connectivity index is 1.58. The van der Waals surface area contributed by atoms with Crippen LogP contribution in [0.25, 0.3) is 0 Å². The molecule has 0 aliphatic carbocycles. The number of hydrogen-bond acceptors (Lipinski definition) is 4. The molecule has 6 nitrogen and oxygen atoms in total. The van der Waals surface area contributed by atoms with E-state index in [1.165, 1.54) is 11.4 Å². The normalized spacial score (nSPS) is 17.1. The molecule has 0 saturated carbocycles. The summed E-state index contributed by atoms with van der Waals surface area (Å²) < 4.78 is 32.2. The molecule has 0 radical (unpaired) electrons. The van der Waals surface area contributed by atoms with Crippen LogP contribution in [0.15, 0.2) is 59.5 Å². The van der Waals surface area contributed by atoms with Crippen LogP contribution in [0, 0.1) is 5.92 Å². The van der Waals surface area contributed by atoms with Crippen LogP contribution >= 0.6 is 0 Å². The highest BCUT2D eigenvalue weighted by Crippen LogP contribution is 2.26. The standard InChI is InChI=1S/C21H26N2O4S/c1-16(17-6-4-3-5-7-17)22-21(24)18-12-14-23(15-13-18)28(25,26)20-10-8-19(27-2)9-11-20/h3-11,16,18H,12-15H2,1-2H3,(H,22,24)/t16-/m0/s1. The molecule has 1 fully saturated rings. The van der Waals surface area contributed by atoms with Crippen LogP contribution in [0.1, 0.15) is 31.4 Å². The topological polar surface area (TPSA) is 75.7 Å². The first-order valence-electron chi connectivity index (χ1n) is 9.41. The number of amides is 1. The Hall–Kier alpha value is -2.38. The van der Waals surface area contributed by atoms with Gasteiger partial charge in [-0.25, -0.2) is 8.42 Å². The van der Waals surface area contributed by atoms with Crippen molar-refractivity contribution in [1.29, 1.82) is 0 Å². The molecule has 28 heavy (non-hydrogen) atoms. The fraction of sp³-hybridized carbons (Fsp3) is 0.381. The first-order chi connectivity index (χ1) is 13.4. The second kappa shape index (κ2) is 8.75. The van der Waals surface area contributed by atoms with Crippen LogP contribution in [0.4, 0.5) is 0 Å². The summed E-state index contributed by atoms with van der Waals surface area (Å²) in [6, 6.07) is 16.1. The van der Waals surface area contributed by atoms with Crippen molar-refractivity contribution >= 4 is 15.9 Å².